The van der Waals surface area contributed by atoms with Crippen LogP contribution < -0.4 is 5.32 Å². The number of amides is 1. The molecule has 3 fully saturated rings. The van der Waals surface area contributed by atoms with E-state index >= 15 is 0 Å². The molecule has 0 bridgehead atoms. The molecule has 3 aliphatic rings. The van der Waals surface area contributed by atoms with Crippen LogP contribution in [0.1, 0.15) is 25.7 Å². The summed E-state index contributed by atoms with van der Waals surface area (Å²) in [5.74, 6) is 3.44. The highest BCUT2D eigenvalue weighted by atomic mass is 32.2. The van der Waals surface area contributed by atoms with Gasteiger partial charge in [0.25, 0.3) is 0 Å². The van der Waals surface area contributed by atoms with Crippen LogP contribution in [0.15, 0.2) is 0 Å². The monoisotopic (exact) mass is 297 g/mol. The van der Waals surface area contributed by atoms with E-state index in [1.165, 1.54) is 19.3 Å². The first-order valence-corrected chi connectivity index (χ1v) is 9.31. The highest BCUT2D eigenvalue weighted by Crippen LogP contribution is 2.24. The van der Waals surface area contributed by atoms with Crippen molar-refractivity contribution in [2.24, 2.45) is 5.92 Å². The van der Waals surface area contributed by atoms with Gasteiger partial charge in [0.05, 0.1) is 6.04 Å². The van der Waals surface area contributed by atoms with E-state index in [4.69, 9.17) is 0 Å². The zero-order chi connectivity index (χ0) is 13.8. The molecule has 3 saturated heterocycles. The number of carbonyl (C=O) groups is 1. The Labute approximate surface area is 126 Å². The normalized spacial score (nSPS) is 29.8. The van der Waals surface area contributed by atoms with Gasteiger partial charge in [-0.3, -0.25) is 9.69 Å². The molecule has 5 heteroatoms. The van der Waals surface area contributed by atoms with Crippen LogP contribution in [0.2, 0.25) is 0 Å². The fourth-order valence-corrected chi connectivity index (χ4v) is 4.62. The molecule has 0 radical (unpaired) electrons. The van der Waals surface area contributed by atoms with E-state index in [0.29, 0.717) is 5.91 Å². The van der Waals surface area contributed by atoms with Crippen molar-refractivity contribution in [3.05, 3.63) is 0 Å². The van der Waals surface area contributed by atoms with E-state index in [1.54, 1.807) is 0 Å². The summed E-state index contributed by atoms with van der Waals surface area (Å²) in [5.41, 5.74) is 0. The quantitative estimate of drug-likeness (QED) is 0.844. The molecule has 4 nitrogen and oxygen atoms in total. The number of nitrogens with one attached hydrogen (secondary N) is 1. The molecule has 0 aliphatic carbocycles. The lowest BCUT2D eigenvalue weighted by molar-refractivity contribution is -0.135. The summed E-state index contributed by atoms with van der Waals surface area (Å²) in [4.78, 5) is 17.3. The number of nitrogens with zero attached hydrogens (tertiary/aromatic N) is 2. The van der Waals surface area contributed by atoms with Crippen molar-refractivity contribution in [1.82, 2.24) is 15.1 Å². The summed E-state index contributed by atoms with van der Waals surface area (Å²) in [7, 11) is 0. The average molecular weight is 297 g/mol. The molecule has 3 rings (SSSR count). The van der Waals surface area contributed by atoms with E-state index in [0.717, 1.165) is 63.1 Å². The Morgan fingerprint density at radius 2 is 1.85 bits per heavy atom. The number of likely N-dealkylation sites (tertiary alicyclic amines) is 1. The minimum absolute atomic E-state index is 0.188. The van der Waals surface area contributed by atoms with Gasteiger partial charge in [0.2, 0.25) is 5.91 Å². The zero-order valence-corrected chi connectivity index (χ0v) is 13.2. The number of thioether (sulfide) groups is 1. The molecular formula is C15H27N3OS. The van der Waals surface area contributed by atoms with Crippen molar-refractivity contribution < 1.29 is 4.79 Å². The minimum Gasteiger partial charge on any atom is -0.340 e. The second-order valence-corrected chi connectivity index (χ2v) is 7.51. The summed E-state index contributed by atoms with van der Waals surface area (Å²) >= 11 is 1.97. The maximum absolute atomic E-state index is 12.7. The molecule has 0 saturated carbocycles. The van der Waals surface area contributed by atoms with Crippen molar-refractivity contribution in [3.8, 4) is 0 Å². The molecule has 114 valence electrons. The fourth-order valence-electron chi connectivity index (χ4n) is 3.71. The lowest BCUT2D eigenvalue weighted by atomic mass is 9.97. The van der Waals surface area contributed by atoms with Crippen LogP contribution in [-0.2, 0) is 4.79 Å². The van der Waals surface area contributed by atoms with Crippen LogP contribution in [0.25, 0.3) is 0 Å². The Morgan fingerprint density at radius 1 is 1.10 bits per heavy atom. The number of piperidine rings is 1. The smallest absolute Gasteiger partial charge is 0.239 e. The van der Waals surface area contributed by atoms with Crippen molar-refractivity contribution in [1.29, 1.82) is 0 Å². The molecule has 0 spiro atoms. The fraction of sp³-hybridized carbons (Fsp3) is 0.933. The predicted molar refractivity (Wildman–Crippen MR) is 84.1 cm³/mol. The lowest BCUT2D eigenvalue weighted by Gasteiger charge is -2.34. The van der Waals surface area contributed by atoms with Crippen LogP contribution in [0.4, 0.5) is 0 Å². The molecule has 3 aliphatic heterocycles. The Kier molecular flexibility index (Phi) is 5.24. The van der Waals surface area contributed by atoms with Crippen molar-refractivity contribution >= 4 is 17.7 Å². The van der Waals surface area contributed by atoms with E-state index in [9.17, 15) is 4.79 Å². The summed E-state index contributed by atoms with van der Waals surface area (Å²) in [6.07, 6.45) is 4.83. The Hall–Kier alpha value is -0.260. The van der Waals surface area contributed by atoms with Crippen LogP contribution in [0.5, 0.6) is 0 Å². The largest absolute Gasteiger partial charge is 0.340 e. The van der Waals surface area contributed by atoms with Gasteiger partial charge in [0.15, 0.2) is 0 Å². The third kappa shape index (κ3) is 3.49. The average Bonchev–Trinajstić information content (AvgIpc) is 2.96. The van der Waals surface area contributed by atoms with Crippen LogP contribution >= 0.6 is 11.8 Å². The van der Waals surface area contributed by atoms with E-state index < -0.39 is 0 Å². The van der Waals surface area contributed by atoms with Gasteiger partial charge in [0, 0.05) is 31.1 Å². The van der Waals surface area contributed by atoms with Crippen LogP contribution in [0, 0.1) is 5.92 Å². The highest BCUT2D eigenvalue weighted by molar-refractivity contribution is 7.99. The van der Waals surface area contributed by atoms with Gasteiger partial charge in [-0.15, -0.1) is 0 Å². The molecule has 1 atom stereocenters. The molecule has 1 N–H and O–H groups in total. The van der Waals surface area contributed by atoms with E-state index in [-0.39, 0.29) is 6.04 Å². The van der Waals surface area contributed by atoms with E-state index in [2.05, 4.69) is 15.1 Å². The van der Waals surface area contributed by atoms with E-state index in [1.807, 2.05) is 11.8 Å². The number of rotatable bonds is 3. The van der Waals surface area contributed by atoms with Crippen molar-refractivity contribution in [3.63, 3.8) is 0 Å². The maximum atomic E-state index is 12.7. The molecule has 1 amide bonds. The first kappa shape index (κ1) is 14.7. The Bertz CT molecular complexity index is 327. The molecular weight excluding hydrogens is 270 g/mol. The van der Waals surface area contributed by atoms with Gasteiger partial charge >= 0.3 is 0 Å². The van der Waals surface area contributed by atoms with Crippen molar-refractivity contribution in [2.75, 3.05) is 50.8 Å². The summed E-state index contributed by atoms with van der Waals surface area (Å²) < 4.78 is 0. The number of hydrogen-bond donors (Lipinski definition) is 1. The highest BCUT2D eigenvalue weighted by Gasteiger charge is 2.35. The zero-order valence-electron chi connectivity index (χ0n) is 12.4. The molecule has 0 aromatic carbocycles. The minimum atomic E-state index is 0.188. The number of carbonyl (C=O) groups excluding carboxylic acids is 1. The lowest BCUT2D eigenvalue weighted by Crippen LogP contribution is -2.49. The molecule has 0 aromatic rings. The molecule has 3 heterocycles. The van der Waals surface area contributed by atoms with Gasteiger partial charge < -0.3 is 10.2 Å². The standard InChI is InChI=1S/C15H27N3OS/c19-15(17-8-10-20-11-9-17)14-2-1-7-18(14)12-13-3-5-16-6-4-13/h13-14,16H,1-12H2/t14-/m1/s1. The molecule has 0 aromatic heterocycles. The van der Waals surface area contributed by atoms with Gasteiger partial charge in [-0.1, -0.05) is 0 Å². The summed E-state index contributed by atoms with van der Waals surface area (Å²) in [5, 5.41) is 3.43. The second kappa shape index (κ2) is 7.14. The first-order chi connectivity index (χ1) is 9.84. The SMILES string of the molecule is O=C([C@H]1CCCN1CC1CCNCC1)N1CCSCC1. The molecule has 0 unspecified atom stereocenters. The number of hydrogen-bond acceptors (Lipinski definition) is 4. The van der Waals surface area contributed by atoms with Gasteiger partial charge in [-0.05, 0) is 51.2 Å². The third-order valence-corrected chi connectivity index (χ3v) is 5.87. The maximum Gasteiger partial charge on any atom is 0.239 e. The molecule has 20 heavy (non-hydrogen) atoms. The van der Waals surface area contributed by atoms with Crippen LogP contribution in [-0.4, -0.2) is 72.5 Å². The van der Waals surface area contributed by atoms with Gasteiger partial charge in [0.1, 0.15) is 0 Å². The predicted octanol–water partition coefficient (Wildman–Crippen LogP) is 1.03. The topological polar surface area (TPSA) is 35.6 Å². The first-order valence-electron chi connectivity index (χ1n) is 8.16. The summed E-state index contributed by atoms with van der Waals surface area (Å²) in [6.45, 7) is 6.49. The Balaban J connectivity index is 1.55. The van der Waals surface area contributed by atoms with Gasteiger partial charge in [-0.25, -0.2) is 0 Å². The Morgan fingerprint density at radius 3 is 2.60 bits per heavy atom. The van der Waals surface area contributed by atoms with Crippen LogP contribution in [0.3, 0.4) is 0 Å². The van der Waals surface area contributed by atoms with Crippen molar-refractivity contribution in [2.45, 2.75) is 31.7 Å². The summed E-state index contributed by atoms with van der Waals surface area (Å²) in [6, 6.07) is 0.188. The third-order valence-electron chi connectivity index (χ3n) is 4.92. The van der Waals surface area contributed by atoms with Gasteiger partial charge in [-0.2, -0.15) is 11.8 Å². The second-order valence-electron chi connectivity index (χ2n) is 6.28.